The summed E-state index contributed by atoms with van der Waals surface area (Å²) >= 11 is 0. The molecule has 160 valence electrons. The van der Waals surface area contributed by atoms with E-state index in [-0.39, 0.29) is 30.2 Å². The summed E-state index contributed by atoms with van der Waals surface area (Å²) in [5, 5.41) is 5.88. The van der Waals surface area contributed by atoms with Crippen LogP contribution in [0.2, 0.25) is 0 Å². The van der Waals surface area contributed by atoms with Gasteiger partial charge < -0.3 is 20.0 Å². The summed E-state index contributed by atoms with van der Waals surface area (Å²) in [6.07, 6.45) is 3.02. The molecule has 0 aliphatic carbocycles. The van der Waals surface area contributed by atoms with E-state index in [4.69, 9.17) is 4.42 Å². The highest BCUT2D eigenvalue weighted by molar-refractivity contribution is 5.99. The SMILES string of the molecule is O=C(NC1CCN(c2ccccc2C(=O)NCc2cccc(F)c2)CC1)c1ccco1. The summed E-state index contributed by atoms with van der Waals surface area (Å²) in [6, 6.07) is 17.0. The Bertz CT molecular complexity index is 1040. The van der Waals surface area contributed by atoms with E-state index in [0.29, 0.717) is 16.9 Å². The third kappa shape index (κ3) is 5.12. The second kappa shape index (κ2) is 9.47. The fraction of sp³-hybridized carbons (Fsp3) is 0.250. The molecule has 7 heteroatoms. The summed E-state index contributed by atoms with van der Waals surface area (Å²) in [6.45, 7) is 1.69. The number of furan rings is 1. The van der Waals surface area contributed by atoms with Gasteiger partial charge in [0, 0.05) is 31.4 Å². The summed E-state index contributed by atoms with van der Waals surface area (Å²) < 4.78 is 18.5. The number of benzene rings is 2. The molecule has 1 aromatic heterocycles. The molecule has 0 saturated carbocycles. The predicted molar refractivity (Wildman–Crippen MR) is 115 cm³/mol. The van der Waals surface area contributed by atoms with Gasteiger partial charge in [-0.15, -0.1) is 0 Å². The zero-order chi connectivity index (χ0) is 21.6. The van der Waals surface area contributed by atoms with Crippen LogP contribution < -0.4 is 15.5 Å². The summed E-state index contributed by atoms with van der Waals surface area (Å²) in [7, 11) is 0. The van der Waals surface area contributed by atoms with Crippen molar-refractivity contribution in [3.63, 3.8) is 0 Å². The van der Waals surface area contributed by atoms with Gasteiger partial charge in [-0.05, 0) is 54.8 Å². The minimum Gasteiger partial charge on any atom is -0.459 e. The molecule has 0 spiro atoms. The maximum atomic E-state index is 13.4. The Balaban J connectivity index is 1.36. The number of halogens is 1. The molecule has 2 aromatic carbocycles. The Labute approximate surface area is 180 Å². The van der Waals surface area contributed by atoms with Crippen molar-refractivity contribution < 1.29 is 18.4 Å². The van der Waals surface area contributed by atoms with Crippen LogP contribution in [0.1, 0.15) is 39.3 Å². The Morgan fingerprint density at radius 2 is 1.81 bits per heavy atom. The topological polar surface area (TPSA) is 74.6 Å². The molecule has 0 unspecified atom stereocenters. The van der Waals surface area contributed by atoms with E-state index in [1.165, 1.54) is 18.4 Å². The molecule has 1 fully saturated rings. The van der Waals surface area contributed by atoms with Crippen LogP contribution in [0.4, 0.5) is 10.1 Å². The molecule has 1 aliphatic heterocycles. The molecule has 0 radical (unpaired) electrons. The van der Waals surface area contributed by atoms with Gasteiger partial charge in [0.25, 0.3) is 11.8 Å². The van der Waals surface area contributed by atoms with E-state index in [9.17, 15) is 14.0 Å². The molecular formula is C24H24FN3O3. The van der Waals surface area contributed by atoms with Gasteiger partial charge in [-0.1, -0.05) is 24.3 Å². The molecule has 3 aromatic rings. The highest BCUT2D eigenvalue weighted by atomic mass is 19.1. The average Bonchev–Trinajstić information content (AvgIpc) is 3.33. The summed E-state index contributed by atoms with van der Waals surface area (Å²) in [5.74, 6) is -0.425. The van der Waals surface area contributed by atoms with Crippen LogP contribution in [-0.2, 0) is 6.54 Å². The molecule has 2 heterocycles. The molecule has 0 atom stereocenters. The van der Waals surface area contributed by atoms with Gasteiger partial charge in [0.1, 0.15) is 5.82 Å². The minimum absolute atomic E-state index is 0.0582. The van der Waals surface area contributed by atoms with Crippen LogP contribution in [0.3, 0.4) is 0 Å². The number of amides is 2. The number of carbonyl (C=O) groups excluding carboxylic acids is 2. The van der Waals surface area contributed by atoms with Crippen molar-refractivity contribution in [3.05, 3.63) is 89.6 Å². The number of para-hydroxylation sites is 1. The van der Waals surface area contributed by atoms with E-state index >= 15 is 0 Å². The normalized spacial score (nSPS) is 14.3. The second-order valence-corrected chi connectivity index (χ2v) is 7.54. The molecule has 1 aliphatic rings. The molecule has 2 amide bonds. The van der Waals surface area contributed by atoms with Crippen LogP contribution >= 0.6 is 0 Å². The van der Waals surface area contributed by atoms with Crippen molar-refractivity contribution >= 4 is 17.5 Å². The number of hydrogen-bond donors (Lipinski definition) is 2. The van der Waals surface area contributed by atoms with Crippen LogP contribution in [0.25, 0.3) is 0 Å². The molecule has 1 saturated heterocycles. The van der Waals surface area contributed by atoms with E-state index < -0.39 is 0 Å². The van der Waals surface area contributed by atoms with Crippen LogP contribution in [0, 0.1) is 5.82 Å². The maximum absolute atomic E-state index is 13.4. The largest absolute Gasteiger partial charge is 0.459 e. The van der Waals surface area contributed by atoms with Gasteiger partial charge in [0.2, 0.25) is 0 Å². The molecule has 4 rings (SSSR count). The van der Waals surface area contributed by atoms with E-state index in [1.54, 1.807) is 30.3 Å². The highest BCUT2D eigenvalue weighted by Gasteiger charge is 2.24. The van der Waals surface area contributed by atoms with E-state index in [1.807, 2.05) is 18.2 Å². The number of piperidine rings is 1. The van der Waals surface area contributed by atoms with Crippen LogP contribution in [-0.4, -0.2) is 30.9 Å². The molecule has 31 heavy (non-hydrogen) atoms. The fourth-order valence-corrected chi connectivity index (χ4v) is 3.79. The number of hydrogen-bond acceptors (Lipinski definition) is 4. The highest BCUT2D eigenvalue weighted by Crippen LogP contribution is 2.24. The van der Waals surface area contributed by atoms with Gasteiger partial charge in [0.15, 0.2) is 5.76 Å². The lowest BCUT2D eigenvalue weighted by Crippen LogP contribution is -2.45. The summed E-state index contributed by atoms with van der Waals surface area (Å²) in [5.41, 5.74) is 2.14. The zero-order valence-corrected chi connectivity index (χ0v) is 17.0. The summed E-state index contributed by atoms with van der Waals surface area (Å²) in [4.78, 5) is 27.2. The van der Waals surface area contributed by atoms with Crippen molar-refractivity contribution in [2.75, 3.05) is 18.0 Å². The van der Waals surface area contributed by atoms with E-state index in [2.05, 4.69) is 15.5 Å². The van der Waals surface area contributed by atoms with Gasteiger partial charge in [-0.3, -0.25) is 9.59 Å². The zero-order valence-electron chi connectivity index (χ0n) is 17.0. The molecule has 6 nitrogen and oxygen atoms in total. The van der Waals surface area contributed by atoms with Crippen molar-refractivity contribution in [1.82, 2.24) is 10.6 Å². The quantitative estimate of drug-likeness (QED) is 0.636. The van der Waals surface area contributed by atoms with Crippen molar-refractivity contribution in [1.29, 1.82) is 0 Å². The third-order valence-corrected chi connectivity index (χ3v) is 5.41. The standard InChI is InChI=1S/C24H24FN3O3/c25-18-6-3-5-17(15-18)16-26-23(29)20-7-1-2-8-21(20)28-12-10-19(11-13-28)27-24(30)22-9-4-14-31-22/h1-9,14-15,19H,10-13,16H2,(H,26,29)(H,27,30). The number of nitrogens with one attached hydrogen (secondary N) is 2. The number of rotatable bonds is 6. The third-order valence-electron chi connectivity index (χ3n) is 5.41. The first-order valence-corrected chi connectivity index (χ1v) is 10.3. The molecule has 0 bridgehead atoms. The van der Waals surface area contributed by atoms with Crippen molar-refractivity contribution in [2.24, 2.45) is 0 Å². The Morgan fingerprint density at radius 1 is 1.00 bits per heavy atom. The number of anilines is 1. The second-order valence-electron chi connectivity index (χ2n) is 7.54. The Hall–Kier alpha value is -3.61. The van der Waals surface area contributed by atoms with Crippen molar-refractivity contribution in [3.8, 4) is 0 Å². The molecular weight excluding hydrogens is 397 g/mol. The lowest BCUT2D eigenvalue weighted by Gasteiger charge is -2.34. The Kier molecular flexibility index (Phi) is 6.31. The number of nitrogens with zero attached hydrogens (tertiary/aromatic N) is 1. The average molecular weight is 421 g/mol. The molecule has 2 N–H and O–H groups in total. The van der Waals surface area contributed by atoms with Gasteiger partial charge in [0.05, 0.1) is 11.8 Å². The smallest absolute Gasteiger partial charge is 0.287 e. The van der Waals surface area contributed by atoms with E-state index in [0.717, 1.165) is 31.6 Å². The lowest BCUT2D eigenvalue weighted by molar-refractivity contribution is 0.0902. The minimum atomic E-state index is -0.325. The van der Waals surface area contributed by atoms with Crippen LogP contribution in [0.5, 0.6) is 0 Å². The van der Waals surface area contributed by atoms with Gasteiger partial charge in [-0.25, -0.2) is 4.39 Å². The number of carbonyl (C=O) groups is 2. The fourth-order valence-electron chi connectivity index (χ4n) is 3.79. The Morgan fingerprint density at radius 3 is 2.55 bits per heavy atom. The van der Waals surface area contributed by atoms with Gasteiger partial charge in [-0.2, -0.15) is 0 Å². The first-order valence-electron chi connectivity index (χ1n) is 10.3. The predicted octanol–water partition coefficient (Wildman–Crippen LogP) is 3.75. The lowest BCUT2D eigenvalue weighted by atomic mass is 10.0. The van der Waals surface area contributed by atoms with Crippen LogP contribution in [0.15, 0.2) is 71.3 Å². The first kappa shape index (κ1) is 20.7. The monoisotopic (exact) mass is 421 g/mol. The first-order chi connectivity index (χ1) is 15.1. The van der Waals surface area contributed by atoms with Gasteiger partial charge >= 0.3 is 0 Å². The van der Waals surface area contributed by atoms with Crippen molar-refractivity contribution in [2.45, 2.75) is 25.4 Å². The maximum Gasteiger partial charge on any atom is 0.287 e.